The number of ether oxygens (including phenoxy) is 1. The van der Waals surface area contributed by atoms with Gasteiger partial charge in [-0.05, 0) is 43.3 Å². The Bertz CT molecular complexity index is 740. The van der Waals surface area contributed by atoms with Gasteiger partial charge in [0.2, 0.25) is 5.91 Å². The molecule has 0 N–H and O–H groups in total. The number of rotatable bonds is 6. The largest absolute Gasteiger partial charge is 0.462 e. The Morgan fingerprint density at radius 1 is 1.00 bits per heavy atom. The standard InChI is InChI=1S/C19H19Cl2NO3/c1-3-18(23)22(12-15-16(20)6-5-7-17(15)21)14-10-8-13(9-11-14)19(24)25-4-2/h5-11H,3-4,12H2,1-2H3. The lowest BCUT2D eigenvalue weighted by Crippen LogP contribution is -2.30. The SMILES string of the molecule is CCOC(=O)c1ccc(N(Cc2c(Cl)cccc2Cl)C(=O)CC)cc1. The number of carbonyl (C=O) groups is 2. The van der Waals surface area contributed by atoms with Crippen molar-refractivity contribution in [2.24, 2.45) is 0 Å². The second kappa shape index (κ2) is 8.88. The van der Waals surface area contributed by atoms with Crippen LogP contribution in [0.2, 0.25) is 10.0 Å². The van der Waals surface area contributed by atoms with Gasteiger partial charge >= 0.3 is 5.97 Å². The van der Waals surface area contributed by atoms with Crippen molar-refractivity contribution < 1.29 is 14.3 Å². The summed E-state index contributed by atoms with van der Waals surface area (Å²) in [5.41, 5.74) is 1.78. The van der Waals surface area contributed by atoms with Crippen molar-refractivity contribution in [3.63, 3.8) is 0 Å². The van der Waals surface area contributed by atoms with Crippen molar-refractivity contribution >= 4 is 40.8 Å². The zero-order valence-electron chi connectivity index (χ0n) is 14.1. The Balaban J connectivity index is 2.32. The topological polar surface area (TPSA) is 46.6 Å². The summed E-state index contributed by atoms with van der Waals surface area (Å²) in [5, 5.41) is 1.01. The van der Waals surface area contributed by atoms with Crippen molar-refractivity contribution in [3.05, 3.63) is 63.6 Å². The summed E-state index contributed by atoms with van der Waals surface area (Å²) in [6, 6.07) is 11.9. The number of esters is 1. The first kappa shape index (κ1) is 19.3. The third kappa shape index (κ3) is 4.74. The van der Waals surface area contributed by atoms with Crippen molar-refractivity contribution in [3.8, 4) is 0 Å². The van der Waals surface area contributed by atoms with E-state index in [0.29, 0.717) is 39.9 Å². The Hall–Kier alpha value is -2.04. The Kier molecular flexibility index (Phi) is 6.85. The highest BCUT2D eigenvalue weighted by atomic mass is 35.5. The van der Waals surface area contributed by atoms with Crippen LogP contribution in [0, 0.1) is 0 Å². The number of hydrogen-bond donors (Lipinski definition) is 0. The van der Waals surface area contributed by atoms with Crippen LogP contribution in [-0.2, 0) is 16.1 Å². The molecule has 0 spiro atoms. The summed E-state index contributed by atoms with van der Waals surface area (Å²) < 4.78 is 4.97. The molecule has 0 aromatic heterocycles. The number of hydrogen-bond acceptors (Lipinski definition) is 3. The maximum atomic E-state index is 12.4. The zero-order valence-corrected chi connectivity index (χ0v) is 15.6. The van der Waals surface area contributed by atoms with Crippen LogP contribution >= 0.6 is 23.2 Å². The van der Waals surface area contributed by atoms with Crippen LogP contribution in [0.3, 0.4) is 0 Å². The van der Waals surface area contributed by atoms with E-state index < -0.39 is 5.97 Å². The number of nitrogens with zero attached hydrogens (tertiary/aromatic N) is 1. The zero-order chi connectivity index (χ0) is 18.4. The van der Waals surface area contributed by atoms with Crippen LogP contribution in [0.25, 0.3) is 0 Å². The molecule has 0 unspecified atom stereocenters. The van der Waals surface area contributed by atoms with Gasteiger partial charge in [0.05, 0.1) is 18.7 Å². The lowest BCUT2D eigenvalue weighted by molar-refractivity contribution is -0.118. The molecule has 0 radical (unpaired) electrons. The number of benzene rings is 2. The highest BCUT2D eigenvalue weighted by Gasteiger charge is 2.18. The number of amides is 1. The minimum Gasteiger partial charge on any atom is -0.462 e. The second-order valence-corrected chi connectivity index (χ2v) is 6.12. The Morgan fingerprint density at radius 2 is 1.60 bits per heavy atom. The van der Waals surface area contributed by atoms with E-state index in [9.17, 15) is 9.59 Å². The fourth-order valence-electron chi connectivity index (χ4n) is 2.35. The van der Waals surface area contributed by atoms with Crippen LogP contribution in [-0.4, -0.2) is 18.5 Å². The van der Waals surface area contributed by atoms with Crippen LogP contribution < -0.4 is 4.90 Å². The van der Waals surface area contributed by atoms with Gasteiger partial charge in [0, 0.05) is 27.7 Å². The fraction of sp³-hybridized carbons (Fsp3) is 0.263. The van der Waals surface area contributed by atoms with Crippen LogP contribution in [0.15, 0.2) is 42.5 Å². The molecule has 6 heteroatoms. The van der Waals surface area contributed by atoms with Crippen molar-refractivity contribution in [2.75, 3.05) is 11.5 Å². The van der Waals surface area contributed by atoms with Crippen LogP contribution in [0.1, 0.15) is 36.2 Å². The minimum atomic E-state index is -0.392. The molecule has 0 aliphatic heterocycles. The Labute approximate surface area is 157 Å². The summed E-state index contributed by atoms with van der Waals surface area (Å²) in [6.07, 6.45) is 0.335. The molecule has 1 amide bonds. The van der Waals surface area contributed by atoms with Gasteiger partial charge in [-0.2, -0.15) is 0 Å². The molecule has 132 valence electrons. The van der Waals surface area contributed by atoms with E-state index in [0.717, 1.165) is 0 Å². The van der Waals surface area contributed by atoms with E-state index in [-0.39, 0.29) is 12.5 Å². The maximum Gasteiger partial charge on any atom is 0.338 e. The van der Waals surface area contributed by atoms with Gasteiger partial charge in [-0.3, -0.25) is 4.79 Å². The van der Waals surface area contributed by atoms with Gasteiger partial charge in [0.25, 0.3) is 0 Å². The normalized spacial score (nSPS) is 10.4. The summed E-state index contributed by atoms with van der Waals surface area (Å²) in [6.45, 7) is 4.10. The Morgan fingerprint density at radius 3 is 2.12 bits per heavy atom. The minimum absolute atomic E-state index is 0.0696. The van der Waals surface area contributed by atoms with Crippen LogP contribution in [0.4, 0.5) is 5.69 Å². The number of carbonyl (C=O) groups excluding carboxylic acids is 2. The van der Waals surface area contributed by atoms with E-state index in [1.807, 2.05) is 0 Å². The van der Waals surface area contributed by atoms with E-state index in [4.69, 9.17) is 27.9 Å². The van der Waals surface area contributed by atoms with Gasteiger partial charge in [-0.25, -0.2) is 4.79 Å². The van der Waals surface area contributed by atoms with Gasteiger partial charge in [0.1, 0.15) is 0 Å². The smallest absolute Gasteiger partial charge is 0.338 e. The average molecular weight is 380 g/mol. The second-order valence-electron chi connectivity index (χ2n) is 5.30. The van der Waals surface area contributed by atoms with E-state index in [1.165, 1.54) is 0 Å². The van der Waals surface area contributed by atoms with E-state index in [1.54, 1.807) is 61.2 Å². The third-order valence-electron chi connectivity index (χ3n) is 3.67. The summed E-state index contributed by atoms with van der Waals surface area (Å²) in [5.74, 6) is -0.462. The van der Waals surface area contributed by atoms with Gasteiger partial charge < -0.3 is 9.64 Å². The van der Waals surface area contributed by atoms with Gasteiger partial charge in [0.15, 0.2) is 0 Å². The number of anilines is 1. The van der Waals surface area contributed by atoms with Crippen molar-refractivity contribution in [1.29, 1.82) is 0 Å². The van der Waals surface area contributed by atoms with Crippen molar-refractivity contribution in [1.82, 2.24) is 0 Å². The molecule has 2 aromatic carbocycles. The van der Waals surface area contributed by atoms with E-state index >= 15 is 0 Å². The monoisotopic (exact) mass is 379 g/mol. The van der Waals surface area contributed by atoms with Gasteiger partial charge in [-0.15, -0.1) is 0 Å². The highest BCUT2D eigenvalue weighted by Crippen LogP contribution is 2.28. The molecule has 0 atom stereocenters. The molecule has 2 rings (SSSR count). The molecular formula is C19H19Cl2NO3. The first-order valence-corrected chi connectivity index (χ1v) is 8.74. The van der Waals surface area contributed by atoms with Crippen LogP contribution in [0.5, 0.6) is 0 Å². The summed E-state index contributed by atoms with van der Waals surface area (Å²) in [7, 11) is 0. The molecule has 0 saturated carbocycles. The predicted octanol–water partition coefficient (Wildman–Crippen LogP) is 5.11. The molecule has 0 fully saturated rings. The lowest BCUT2D eigenvalue weighted by atomic mass is 10.1. The molecular weight excluding hydrogens is 361 g/mol. The van der Waals surface area contributed by atoms with Crippen molar-refractivity contribution in [2.45, 2.75) is 26.8 Å². The average Bonchev–Trinajstić information content (AvgIpc) is 2.61. The van der Waals surface area contributed by atoms with E-state index in [2.05, 4.69) is 0 Å². The molecule has 0 heterocycles. The summed E-state index contributed by atoms with van der Waals surface area (Å²) in [4.78, 5) is 25.8. The highest BCUT2D eigenvalue weighted by molar-refractivity contribution is 6.36. The van der Waals surface area contributed by atoms with Gasteiger partial charge in [-0.1, -0.05) is 36.2 Å². The lowest BCUT2D eigenvalue weighted by Gasteiger charge is -2.24. The first-order valence-electron chi connectivity index (χ1n) is 7.98. The quantitative estimate of drug-likeness (QED) is 0.654. The molecule has 0 aliphatic rings. The molecule has 0 bridgehead atoms. The predicted molar refractivity (Wildman–Crippen MR) is 100 cm³/mol. The molecule has 2 aromatic rings. The molecule has 25 heavy (non-hydrogen) atoms. The molecule has 4 nitrogen and oxygen atoms in total. The third-order valence-corrected chi connectivity index (χ3v) is 4.38. The summed E-state index contributed by atoms with van der Waals surface area (Å²) >= 11 is 12.5. The fourth-order valence-corrected chi connectivity index (χ4v) is 2.86. The maximum absolute atomic E-state index is 12.4. The molecule has 0 saturated heterocycles. The first-order chi connectivity index (χ1) is 12.0. The molecule has 0 aliphatic carbocycles. The number of halogens is 2.